The number of nitrogens with zero attached hydrogens (tertiary/aromatic N) is 4. The average Bonchev–Trinajstić information content (AvgIpc) is 3.23. The zero-order valence-electron chi connectivity index (χ0n) is 16.4. The number of benzene rings is 2. The molecule has 0 spiro atoms. The molecule has 1 fully saturated rings. The number of hydrogen-bond donors (Lipinski definition) is 1. The zero-order valence-corrected chi connectivity index (χ0v) is 16.4. The number of hydrogen-bond acceptors (Lipinski definition) is 6. The van der Waals surface area contributed by atoms with Gasteiger partial charge in [0.1, 0.15) is 12.4 Å². The number of halogens is 1. The third-order valence-corrected chi connectivity index (χ3v) is 5.13. The Bertz CT molecular complexity index is 1040. The van der Waals surface area contributed by atoms with Crippen LogP contribution >= 0.6 is 0 Å². The fourth-order valence-electron chi connectivity index (χ4n) is 3.52. The molecule has 154 valence electrons. The lowest BCUT2D eigenvalue weighted by molar-refractivity contribution is -0.123. The van der Waals surface area contributed by atoms with Crippen molar-refractivity contribution in [3.05, 3.63) is 59.9 Å². The molecule has 2 aliphatic heterocycles. The van der Waals surface area contributed by atoms with E-state index in [1.807, 2.05) is 12.1 Å². The molecule has 2 aromatic rings. The van der Waals surface area contributed by atoms with E-state index in [4.69, 9.17) is 0 Å². The number of amides is 3. The molecule has 2 aliphatic rings. The highest BCUT2D eigenvalue weighted by Gasteiger charge is 2.55. The number of rotatable bonds is 5. The summed E-state index contributed by atoms with van der Waals surface area (Å²) < 4.78 is 13.7. The smallest absolute Gasteiger partial charge is 0.263 e. The predicted molar refractivity (Wildman–Crippen MR) is 107 cm³/mol. The lowest BCUT2D eigenvalue weighted by Crippen LogP contribution is -2.43. The summed E-state index contributed by atoms with van der Waals surface area (Å²) in [5.74, 6) is -1.80. The Hall–Kier alpha value is -3.62. The van der Waals surface area contributed by atoms with Crippen LogP contribution in [0.2, 0.25) is 0 Å². The molecule has 4 rings (SSSR count). The number of fused-ring (bicyclic) bond motifs is 1. The molecular formula is C21H20FN5O3. The van der Waals surface area contributed by atoms with Crippen LogP contribution in [0.4, 0.5) is 15.8 Å². The maximum Gasteiger partial charge on any atom is 0.263 e. The van der Waals surface area contributed by atoms with E-state index < -0.39 is 35.6 Å². The van der Waals surface area contributed by atoms with Gasteiger partial charge in [0, 0.05) is 0 Å². The Morgan fingerprint density at radius 2 is 1.80 bits per heavy atom. The first-order valence-corrected chi connectivity index (χ1v) is 9.56. The second-order valence-corrected chi connectivity index (χ2v) is 7.48. The number of anilines is 2. The SMILES string of the molecule is CC(C)c1ccc(N2C(=O)[C@@H]3[C@@H](N=NN3CC(=O)Nc3ccccc3F)C2=O)cc1. The number of carbonyl (C=O) groups excluding carboxylic acids is 3. The van der Waals surface area contributed by atoms with Crippen LogP contribution in [-0.4, -0.2) is 41.4 Å². The Balaban J connectivity index is 1.49. The van der Waals surface area contributed by atoms with E-state index in [9.17, 15) is 18.8 Å². The molecular weight excluding hydrogens is 389 g/mol. The first-order chi connectivity index (χ1) is 14.4. The van der Waals surface area contributed by atoms with E-state index in [0.29, 0.717) is 11.6 Å². The summed E-state index contributed by atoms with van der Waals surface area (Å²) in [6, 6.07) is 10.9. The Labute approximate surface area is 172 Å². The van der Waals surface area contributed by atoms with E-state index in [0.717, 1.165) is 10.5 Å². The lowest BCUT2D eigenvalue weighted by atomic mass is 10.0. The Kier molecular flexibility index (Phi) is 5.03. The predicted octanol–water partition coefficient (Wildman–Crippen LogP) is 2.88. The van der Waals surface area contributed by atoms with Crippen molar-refractivity contribution in [2.24, 2.45) is 10.3 Å². The fraction of sp³-hybridized carbons (Fsp3) is 0.286. The third-order valence-electron chi connectivity index (χ3n) is 5.13. The van der Waals surface area contributed by atoms with Gasteiger partial charge < -0.3 is 5.32 Å². The third kappa shape index (κ3) is 3.42. The van der Waals surface area contributed by atoms with Crippen LogP contribution in [0.25, 0.3) is 0 Å². The van der Waals surface area contributed by atoms with E-state index in [1.165, 1.54) is 23.2 Å². The highest BCUT2D eigenvalue weighted by molar-refractivity contribution is 6.25. The maximum absolute atomic E-state index is 13.7. The fourth-order valence-corrected chi connectivity index (χ4v) is 3.52. The van der Waals surface area contributed by atoms with E-state index in [-0.39, 0.29) is 12.2 Å². The van der Waals surface area contributed by atoms with E-state index in [2.05, 4.69) is 29.5 Å². The van der Waals surface area contributed by atoms with Crippen LogP contribution in [0.5, 0.6) is 0 Å². The molecule has 9 heteroatoms. The standard InChI is InChI=1S/C21H20FN5O3/c1-12(2)13-7-9-14(10-8-13)27-20(29)18-19(21(27)30)26(25-24-18)11-17(28)23-16-6-4-3-5-15(16)22/h3-10,12,18-19H,11H2,1-2H3,(H,23,28)/t18-,19+/m1/s1. The first-order valence-electron chi connectivity index (χ1n) is 9.56. The minimum atomic E-state index is -0.997. The van der Waals surface area contributed by atoms with Gasteiger partial charge in [-0.15, -0.1) is 0 Å². The van der Waals surface area contributed by atoms with Gasteiger partial charge in [-0.2, -0.15) is 5.11 Å². The summed E-state index contributed by atoms with van der Waals surface area (Å²) in [6.45, 7) is 3.77. The van der Waals surface area contributed by atoms with Crippen LogP contribution in [0.15, 0.2) is 58.9 Å². The van der Waals surface area contributed by atoms with Crippen LogP contribution < -0.4 is 10.2 Å². The normalized spacial score (nSPS) is 20.3. The molecule has 0 saturated carbocycles. The molecule has 0 bridgehead atoms. The molecule has 2 aromatic carbocycles. The number of para-hydroxylation sites is 1. The van der Waals surface area contributed by atoms with Crippen LogP contribution in [-0.2, 0) is 14.4 Å². The Morgan fingerprint density at radius 3 is 2.47 bits per heavy atom. The van der Waals surface area contributed by atoms with Crippen molar-refractivity contribution in [3.8, 4) is 0 Å². The molecule has 30 heavy (non-hydrogen) atoms. The van der Waals surface area contributed by atoms with Crippen molar-refractivity contribution in [2.75, 3.05) is 16.8 Å². The minimum Gasteiger partial charge on any atom is -0.322 e. The minimum absolute atomic E-state index is 0.0240. The summed E-state index contributed by atoms with van der Waals surface area (Å²) in [6.07, 6.45) is 0. The summed E-state index contributed by atoms with van der Waals surface area (Å²) in [5.41, 5.74) is 1.56. The second-order valence-electron chi connectivity index (χ2n) is 7.48. The molecule has 0 aromatic heterocycles. The molecule has 1 saturated heterocycles. The van der Waals surface area contributed by atoms with E-state index in [1.54, 1.807) is 18.2 Å². The second kappa shape index (κ2) is 7.66. The monoisotopic (exact) mass is 409 g/mol. The van der Waals surface area contributed by atoms with Gasteiger partial charge in [-0.3, -0.25) is 19.4 Å². The van der Waals surface area contributed by atoms with Crippen molar-refractivity contribution < 1.29 is 18.8 Å². The molecule has 2 atom stereocenters. The van der Waals surface area contributed by atoms with Crippen molar-refractivity contribution in [1.82, 2.24) is 5.01 Å². The summed E-state index contributed by atoms with van der Waals surface area (Å²) >= 11 is 0. The highest BCUT2D eigenvalue weighted by Crippen LogP contribution is 2.32. The molecule has 0 radical (unpaired) electrons. The van der Waals surface area contributed by atoms with Gasteiger partial charge >= 0.3 is 0 Å². The van der Waals surface area contributed by atoms with Gasteiger partial charge in [0.25, 0.3) is 11.8 Å². The topological polar surface area (TPSA) is 94.4 Å². The highest BCUT2D eigenvalue weighted by atomic mass is 19.1. The summed E-state index contributed by atoms with van der Waals surface area (Å²) in [7, 11) is 0. The van der Waals surface area contributed by atoms with Crippen LogP contribution in [0.3, 0.4) is 0 Å². The van der Waals surface area contributed by atoms with Gasteiger partial charge in [0.15, 0.2) is 12.1 Å². The maximum atomic E-state index is 13.7. The van der Waals surface area contributed by atoms with Gasteiger partial charge in [-0.1, -0.05) is 43.3 Å². The molecule has 2 heterocycles. The lowest BCUT2D eigenvalue weighted by Gasteiger charge is -2.20. The van der Waals surface area contributed by atoms with Crippen LogP contribution in [0, 0.1) is 5.82 Å². The number of carbonyl (C=O) groups is 3. The van der Waals surface area contributed by atoms with Crippen molar-refractivity contribution in [2.45, 2.75) is 31.8 Å². The van der Waals surface area contributed by atoms with Crippen molar-refractivity contribution in [1.29, 1.82) is 0 Å². The number of imide groups is 1. The van der Waals surface area contributed by atoms with E-state index >= 15 is 0 Å². The molecule has 0 unspecified atom stereocenters. The quantitative estimate of drug-likeness (QED) is 0.769. The Morgan fingerprint density at radius 1 is 1.10 bits per heavy atom. The number of nitrogens with one attached hydrogen (secondary N) is 1. The average molecular weight is 409 g/mol. The summed E-state index contributed by atoms with van der Waals surface area (Å²) in [5, 5.41) is 11.3. The van der Waals surface area contributed by atoms with Crippen LogP contribution in [0.1, 0.15) is 25.3 Å². The van der Waals surface area contributed by atoms with Gasteiger partial charge in [-0.05, 0) is 35.7 Å². The largest absolute Gasteiger partial charge is 0.322 e. The molecule has 8 nitrogen and oxygen atoms in total. The molecule has 0 aliphatic carbocycles. The summed E-state index contributed by atoms with van der Waals surface area (Å²) in [4.78, 5) is 39.1. The van der Waals surface area contributed by atoms with Gasteiger partial charge in [0.05, 0.1) is 11.4 Å². The molecule has 1 N–H and O–H groups in total. The zero-order chi connectivity index (χ0) is 21.4. The molecule has 3 amide bonds. The van der Waals surface area contributed by atoms with Crippen molar-refractivity contribution in [3.63, 3.8) is 0 Å². The van der Waals surface area contributed by atoms with Gasteiger partial charge in [0.2, 0.25) is 5.91 Å². The van der Waals surface area contributed by atoms with Gasteiger partial charge in [-0.25, -0.2) is 9.29 Å². The first kappa shape index (κ1) is 19.7. The van der Waals surface area contributed by atoms with Crippen molar-refractivity contribution >= 4 is 29.1 Å².